The Morgan fingerprint density at radius 1 is 0.833 bits per heavy atom. The zero-order valence-corrected chi connectivity index (χ0v) is 32.4. The van der Waals surface area contributed by atoms with Gasteiger partial charge in [-0.15, -0.1) is 0 Å². The molecule has 6 unspecified atom stereocenters. The molecule has 4 amide bonds. The van der Waals surface area contributed by atoms with Crippen molar-refractivity contribution < 1.29 is 33.8 Å². The number of morpholine rings is 2. The van der Waals surface area contributed by atoms with Gasteiger partial charge in [0.25, 0.3) is 0 Å². The van der Waals surface area contributed by atoms with Crippen molar-refractivity contribution in [3.05, 3.63) is 155 Å². The van der Waals surface area contributed by atoms with Crippen LogP contribution >= 0.6 is 0 Å². The first kappa shape index (κ1) is 38.4. The van der Waals surface area contributed by atoms with Crippen LogP contribution in [0.2, 0.25) is 0 Å². The first-order valence-electron chi connectivity index (χ1n) is 19.8. The third-order valence-corrected chi connectivity index (χ3v) is 11.9. The van der Waals surface area contributed by atoms with Crippen molar-refractivity contribution in [2.75, 3.05) is 48.4 Å². The monoisotopic (exact) mass is 802 g/mol. The fourth-order valence-corrected chi connectivity index (χ4v) is 9.40. The highest BCUT2D eigenvalue weighted by Crippen LogP contribution is 2.65. The van der Waals surface area contributed by atoms with Gasteiger partial charge in [-0.25, -0.2) is 4.79 Å². The van der Waals surface area contributed by atoms with E-state index in [0.717, 1.165) is 29.9 Å². The number of nitrogens with zero attached hydrogens (tertiary/aromatic N) is 2. The molecule has 13 heteroatoms. The van der Waals surface area contributed by atoms with Crippen molar-refractivity contribution in [3.8, 4) is 17.6 Å². The fourth-order valence-electron chi connectivity index (χ4n) is 9.40. The average molecular weight is 803 g/mol. The van der Waals surface area contributed by atoms with E-state index in [9.17, 15) is 9.90 Å². The highest BCUT2D eigenvalue weighted by Gasteiger charge is 2.74. The number of ether oxygens (including phenoxy) is 2. The van der Waals surface area contributed by atoms with Crippen molar-refractivity contribution in [1.82, 2.24) is 10.2 Å². The van der Waals surface area contributed by atoms with Gasteiger partial charge in [0.05, 0.1) is 37.8 Å². The number of benzene rings is 5. The average Bonchev–Trinajstić information content (AvgIpc) is 3.75. The van der Waals surface area contributed by atoms with Crippen LogP contribution in [0.3, 0.4) is 0 Å². The van der Waals surface area contributed by atoms with Crippen LogP contribution in [0.5, 0.6) is 5.75 Å². The van der Waals surface area contributed by atoms with Crippen LogP contribution in [0.25, 0.3) is 0 Å². The minimum Gasteiger partial charge on any atom is -0.508 e. The Hall–Kier alpha value is -7.14. The second kappa shape index (κ2) is 15.9. The van der Waals surface area contributed by atoms with Gasteiger partial charge in [-0.05, 0) is 76.9 Å². The van der Waals surface area contributed by atoms with Crippen molar-refractivity contribution in [2.45, 2.75) is 29.6 Å². The number of carbonyl (C=O) groups is 4. The summed E-state index contributed by atoms with van der Waals surface area (Å²) in [6.45, 7) is 2.71. The molecule has 0 aliphatic carbocycles. The summed E-state index contributed by atoms with van der Waals surface area (Å²) in [5.74, 6) is 2.91. The molecule has 6 atom stereocenters. The molecule has 302 valence electrons. The predicted molar refractivity (Wildman–Crippen MR) is 224 cm³/mol. The van der Waals surface area contributed by atoms with E-state index in [1.807, 2.05) is 89.8 Å². The number of nitrogens with two attached hydrogens (primary N) is 1. The van der Waals surface area contributed by atoms with Gasteiger partial charge in [-0.3, -0.25) is 19.3 Å². The van der Waals surface area contributed by atoms with E-state index in [-0.39, 0.29) is 12.3 Å². The van der Waals surface area contributed by atoms with Crippen molar-refractivity contribution in [1.29, 1.82) is 0 Å². The third kappa shape index (κ3) is 6.75. The Kier molecular flexibility index (Phi) is 10.2. The second-order valence-corrected chi connectivity index (χ2v) is 15.2. The van der Waals surface area contributed by atoms with Gasteiger partial charge < -0.3 is 41.2 Å². The minimum absolute atomic E-state index is 0.00963. The van der Waals surface area contributed by atoms with Gasteiger partial charge in [0.1, 0.15) is 23.3 Å². The van der Waals surface area contributed by atoms with Crippen LogP contribution in [0.1, 0.15) is 46.0 Å². The predicted octanol–water partition coefficient (Wildman–Crippen LogP) is 5.16. The molecule has 9 rings (SSSR count). The first-order chi connectivity index (χ1) is 29.2. The number of hydrogen-bond acceptors (Lipinski definition) is 9. The molecular weight excluding hydrogens is 761 g/mol. The standard InChI is InChI=1S/C47H42N6O7/c48-46(58)49-23-7-8-29-13-22-37-36(28-29)47(45(57)51-37)38(43(55)50-33-16-18-34(19-17-33)52-24-26-59-27-25-52)40-44(56)60-41(31-11-5-2-6-12-31)39(30-9-3-1-4-10-30)53(40)42(47)32-14-20-35(54)21-15-32/h1-6,9-22,28,38-42,54H,23-27H2,(H,50,55)(H,51,57)(H3,48,49,58). The zero-order valence-electron chi connectivity index (χ0n) is 32.4. The molecule has 4 heterocycles. The number of urea groups is 1. The normalized spacial score (nSPS) is 24.3. The molecule has 3 fully saturated rings. The number of rotatable bonds is 7. The smallest absolute Gasteiger partial charge is 0.324 e. The number of fused-ring (bicyclic) bond motifs is 3. The molecule has 5 aromatic rings. The molecule has 0 radical (unpaired) electrons. The van der Waals surface area contributed by atoms with E-state index >= 15 is 14.4 Å². The second-order valence-electron chi connectivity index (χ2n) is 15.2. The van der Waals surface area contributed by atoms with Crippen molar-refractivity contribution in [3.63, 3.8) is 0 Å². The molecule has 60 heavy (non-hydrogen) atoms. The van der Waals surface area contributed by atoms with Gasteiger partial charge in [0.2, 0.25) is 11.8 Å². The maximum Gasteiger partial charge on any atom is 0.324 e. The van der Waals surface area contributed by atoms with Gasteiger partial charge in [-0.1, -0.05) is 84.6 Å². The summed E-state index contributed by atoms with van der Waals surface area (Å²) in [4.78, 5) is 61.4. The highest BCUT2D eigenvalue weighted by atomic mass is 16.6. The SMILES string of the molecule is NC(=O)NCC#Cc1ccc2c(c1)C1(C(=O)N2)C(C(=O)Nc2ccc(N3CCOCC3)cc2)C2C(=O)OC(c3ccccc3)C(c3ccccc3)N2C1c1ccc(O)cc1. The number of esters is 1. The topological polar surface area (TPSA) is 176 Å². The molecule has 6 N–H and O–H groups in total. The molecule has 0 saturated carbocycles. The Morgan fingerprint density at radius 3 is 2.20 bits per heavy atom. The lowest BCUT2D eigenvalue weighted by atomic mass is 9.65. The fraction of sp³-hybridized carbons (Fsp3) is 0.234. The quantitative estimate of drug-likeness (QED) is 0.110. The molecule has 0 bridgehead atoms. The largest absolute Gasteiger partial charge is 0.508 e. The Balaban J connectivity index is 1.25. The van der Waals surface area contributed by atoms with Crippen LogP contribution in [-0.2, 0) is 29.3 Å². The van der Waals surface area contributed by atoms with Crippen LogP contribution in [0, 0.1) is 17.8 Å². The van der Waals surface area contributed by atoms with Gasteiger partial charge in [-0.2, -0.15) is 0 Å². The lowest BCUT2D eigenvalue weighted by molar-refractivity contribution is -0.177. The van der Waals surface area contributed by atoms with Crippen LogP contribution in [0.15, 0.2) is 127 Å². The van der Waals surface area contributed by atoms with Crippen LogP contribution < -0.4 is 26.6 Å². The molecule has 4 aliphatic heterocycles. The van der Waals surface area contributed by atoms with Crippen molar-refractivity contribution in [2.24, 2.45) is 11.7 Å². The lowest BCUT2D eigenvalue weighted by Gasteiger charge is -2.46. The van der Waals surface area contributed by atoms with E-state index in [1.54, 1.807) is 30.3 Å². The minimum atomic E-state index is -1.75. The lowest BCUT2D eigenvalue weighted by Crippen LogP contribution is -2.53. The number of aromatic hydroxyl groups is 1. The number of phenols is 1. The summed E-state index contributed by atoms with van der Waals surface area (Å²) in [7, 11) is 0. The molecule has 0 aromatic heterocycles. The molecule has 3 saturated heterocycles. The number of carbonyl (C=O) groups excluding carboxylic acids is 4. The number of anilines is 3. The van der Waals surface area contributed by atoms with E-state index in [2.05, 4.69) is 32.7 Å². The maximum absolute atomic E-state index is 15.4. The third-order valence-electron chi connectivity index (χ3n) is 11.9. The number of phenolic OH excluding ortho intramolecular Hbond substituents is 1. The van der Waals surface area contributed by atoms with E-state index in [4.69, 9.17) is 15.2 Å². The number of hydrogen-bond donors (Lipinski definition) is 5. The molecule has 5 aromatic carbocycles. The summed E-state index contributed by atoms with van der Waals surface area (Å²) in [5.41, 5.74) is 8.54. The van der Waals surface area contributed by atoms with Gasteiger partial charge in [0.15, 0.2) is 0 Å². The van der Waals surface area contributed by atoms with E-state index in [1.165, 1.54) is 12.1 Å². The number of amides is 4. The Bertz CT molecular complexity index is 2500. The highest BCUT2D eigenvalue weighted by molar-refractivity contribution is 6.13. The van der Waals surface area contributed by atoms with Gasteiger partial charge in [0, 0.05) is 35.7 Å². The number of nitrogens with one attached hydrogen (secondary N) is 3. The summed E-state index contributed by atoms with van der Waals surface area (Å²) >= 11 is 0. The van der Waals surface area contributed by atoms with E-state index < -0.39 is 59.4 Å². The van der Waals surface area contributed by atoms with Crippen molar-refractivity contribution >= 4 is 40.9 Å². The Morgan fingerprint density at radius 2 is 1.52 bits per heavy atom. The molecule has 1 spiro atoms. The van der Waals surface area contributed by atoms with Crippen LogP contribution in [0.4, 0.5) is 21.9 Å². The number of cyclic esters (lactones) is 1. The maximum atomic E-state index is 15.4. The summed E-state index contributed by atoms with van der Waals surface area (Å²) in [6, 6.07) is 34.7. The van der Waals surface area contributed by atoms with Crippen LogP contribution in [-0.4, -0.2) is 72.7 Å². The molecule has 4 aliphatic rings. The van der Waals surface area contributed by atoms with E-state index in [0.29, 0.717) is 41.3 Å². The number of primary amides is 1. The summed E-state index contributed by atoms with van der Waals surface area (Å²) in [6.07, 6.45) is -0.831. The molecular formula is C47H42N6O7. The first-order valence-corrected chi connectivity index (χ1v) is 19.8. The summed E-state index contributed by atoms with van der Waals surface area (Å²) < 4.78 is 12.0. The molecule has 13 nitrogen and oxygen atoms in total. The van der Waals surface area contributed by atoms with Gasteiger partial charge >= 0.3 is 12.0 Å². The Labute approximate surface area is 346 Å². The zero-order chi connectivity index (χ0) is 41.4. The summed E-state index contributed by atoms with van der Waals surface area (Å²) in [5, 5.41) is 19.2.